The molecule has 4 heteroatoms. The molecule has 25 heavy (non-hydrogen) atoms. The van der Waals surface area contributed by atoms with E-state index in [1.54, 1.807) is 36.4 Å². The fourth-order valence-electron chi connectivity index (χ4n) is 2.84. The number of rotatable bonds is 4. The molecular formula is C21H28O4. The fourth-order valence-corrected chi connectivity index (χ4v) is 2.84. The van der Waals surface area contributed by atoms with Crippen LogP contribution < -0.4 is 0 Å². The summed E-state index contributed by atoms with van der Waals surface area (Å²) in [6.45, 7) is 11.6. The van der Waals surface area contributed by atoms with Crippen molar-refractivity contribution in [2.75, 3.05) is 0 Å². The monoisotopic (exact) mass is 344 g/mol. The molecule has 1 aliphatic rings. The van der Waals surface area contributed by atoms with Crippen LogP contribution in [0.5, 0.6) is 0 Å². The third-order valence-electron chi connectivity index (χ3n) is 3.47. The molecule has 0 unspecified atom stereocenters. The summed E-state index contributed by atoms with van der Waals surface area (Å²) in [4.78, 5) is 12.6. The molecule has 1 aromatic rings. The molecule has 1 N–H and O–H groups in total. The first-order chi connectivity index (χ1) is 11.4. The van der Waals surface area contributed by atoms with E-state index in [0.29, 0.717) is 5.56 Å². The van der Waals surface area contributed by atoms with Crippen molar-refractivity contribution in [1.82, 2.24) is 0 Å². The Labute approximate surface area is 150 Å². The van der Waals surface area contributed by atoms with E-state index >= 15 is 0 Å². The lowest BCUT2D eigenvalue weighted by Gasteiger charge is -2.42. The second-order valence-electron chi connectivity index (χ2n) is 8.31. The normalized spacial score (nSPS) is 17.7. The maximum Gasteiger partial charge on any atom is 0.196 e. The van der Waals surface area contributed by atoms with Gasteiger partial charge in [-0.25, -0.2) is 0 Å². The highest BCUT2D eigenvalue weighted by molar-refractivity contribution is 6.11. The summed E-state index contributed by atoms with van der Waals surface area (Å²) >= 11 is 0. The summed E-state index contributed by atoms with van der Waals surface area (Å²) in [5, 5.41) is 10.6. The molecule has 0 radical (unpaired) electrons. The van der Waals surface area contributed by atoms with Crippen molar-refractivity contribution in [3.63, 3.8) is 0 Å². The lowest BCUT2D eigenvalue weighted by molar-refractivity contribution is -0.286. The van der Waals surface area contributed by atoms with Gasteiger partial charge in [0.05, 0.1) is 23.2 Å². The van der Waals surface area contributed by atoms with Gasteiger partial charge in [-0.05, 0) is 53.7 Å². The Bertz CT molecular complexity index is 669. The van der Waals surface area contributed by atoms with Crippen LogP contribution in [0.1, 0.15) is 58.3 Å². The average molecular weight is 344 g/mol. The minimum absolute atomic E-state index is 0.0233. The van der Waals surface area contributed by atoms with Gasteiger partial charge in [0, 0.05) is 5.56 Å². The molecule has 136 valence electrons. The zero-order valence-corrected chi connectivity index (χ0v) is 15.9. The van der Waals surface area contributed by atoms with Crippen LogP contribution in [0.25, 0.3) is 0 Å². The lowest BCUT2D eigenvalue weighted by atomic mass is 9.93. The zero-order chi connectivity index (χ0) is 18.9. The topological polar surface area (TPSA) is 55.8 Å². The zero-order valence-electron chi connectivity index (χ0n) is 15.9. The molecule has 0 atom stereocenters. The Morgan fingerprint density at radius 1 is 1.00 bits per heavy atom. The predicted octanol–water partition coefficient (Wildman–Crippen LogP) is 4.97. The van der Waals surface area contributed by atoms with E-state index in [1.807, 2.05) is 47.6 Å². The van der Waals surface area contributed by atoms with Gasteiger partial charge < -0.3 is 14.6 Å². The van der Waals surface area contributed by atoms with E-state index in [2.05, 4.69) is 0 Å². The molecule has 1 aromatic carbocycles. The van der Waals surface area contributed by atoms with Crippen LogP contribution in [0.15, 0.2) is 53.8 Å². The molecule has 0 amide bonds. The van der Waals surface area contributed by atoms with Crippen molar-refractivity contribution in [1.29, 1.82) is 0 Å². The average Bonchev–Trinajstić information content (AvgIpc) is 2.43. The van der Waals surface area contributed by atoms with Crippen LogP contribution in [0.2, 0.25) is 0 Å². The first-order valence-corrected chi connectivity index (χ1v) is 8.52. The lowest BCUT2D eigenvalue weighted by Crippen LogP contribution is -2.47. The largest absolute Gasteiger partial charge is 0.511 e. The van der Waals surface area contributed by atoms with Gasteiger partial charge in [0.2, 0.25) is 0 Å². The van der Waals surface area contributed by atoms with Crippen LogP contribution in [0.3, 0.4) is 0 Å². The van der Waals surface area contributed by atoms with E-state index in [-0.39, 0.29) is 23.5 Å². The summed E-state index contributed by atoms with van der Waals surface area (Å²) in [7, 11) is 0. The third-order valence-corrected chi connectivity index (χ3v) is 3.47. The molecule has 4 nitrogen and oxygen atoms in total. The first-order valence-electron chi connectivity index (χ1n) is 8.52. The number of ether oxygens (including phenoxy) is 2. The van der Waals surface area contributed by atoms with Crippen molar-refractivity contribution < 1.29 is 19.4 Å². The number of carbonyl (C=O) groups is 1. The minimum atomic E-state index is -1.11. The highest BCUT2D eigenvalue weighted by Crippen LogP contribution is 2.37. The van der Waals surface area contributed by atoms with E-state index < -0.39 is 17.0 Å². The van der Waals surface area contributed by atoms with Crippen LogP contribution in [0, 0.1) is 0 Å². The number of hydrogen-bond donors (Lipinski definition) is 1. The molecular weight excluding hydrogens is 316 g/mol. The van der Waals surface area contributed by atoms with Crippen molar-refractivity contribution in [3.05, 3.63) is 59.4 Å². The highest BCUT2D eigenvalue weighted by Gasteiger charge is 2.41. The summed E-state index contributed by atoms with van der Waals surface area (Å²) in [5.74, 6) is -1.35. The number of aliphatic hydroxyl groups excluding tert-OH is 1. The number of hydrogen-bond acceptors (Lipinski definition) is 4. The van der Waals surface area contributed by atoms with Gasteiger partial charge in [-0.1, -0.05) is 30.3 Å². The third kappa shape index (κ3) is 5.28. The molecule has 0 saturated heterocycles. The van der Waals surface area contributed by atoms with Crippen LogP contribution >= 0.6 is 0 Å². The molecule has 0 bridgehead atoms. The highest BCUT2D eigenvalue weighted by atomic mass is 16.7. The Kier molecular flexibility index (Phi) is 5.26. The van der Waals surface area contributed by atoms with Crippen LogP contribution in [-0.2, 0) is 9.47 Å². The van der Waals surface area contributed by atoms with Gasteiger partial charge in [0.1, 0.15) is 5.76 Å². The number of carbonyl (C=O) groups excluding carboxylic acids is 1. The van der Waals surface area contributed by atoms with E-state index in [9.17, 15) is 9.90 Å². The Balaban J connectivity index is 2.33. The van der Waals surface area contributed by atoms with Gasteiger partial charge in [-0.2, -0.15) is 0 Å². The van der Waals surface area contributed by atoms with E-state index in [1.165, 1.54) is 0 Å². The smallest absolute Gasteiger partial charge is 0.196 e. The van der Waals surface area contributed by atoms with Gasteiger partial charge in [-0.15, -0.1) is 0 Å². The van der Waals surface area contributed by atoms with Gasteiger partial charge in [0.25, 0.3) is 0 Å². The van der Waals surface area contributed by atoms with Crippen molar-refractivity contribution in [2.45, 2.75) is 65.0 Å². The quantitative estimate of drug-likeness (QED) is 0.619. The standard InChI is InChI=1S/C21H28O4/c1-19(2,3)24-21(25-20(4,5)6)13-12-16(17(22)14-21)18(23)15-10-8-7-9-11-15/h7-13,22H,14H2,1-6H3. The number of benzene rings is 1. The SMILES string of the molecule is CC(C)(C)OC1(OC(C)(C)C)C=CC(C(=O)c2ccccc2)=C(O)C1. The van der Waals surface area contributed by atoms with Gasteiger partial charge >= 0.3 is 0 Å². The number of ketones is 1. The van der Waals surface area contributed by atoms with Gasteiger partial charge in [-0.3, -0.25) is 4.79 Å². The number of allylic oxidation sites excluding steroid dienone is 2. The van der Waals surface area contributed by atoms with Crippen LogP contribution in [0.4, 0.5) is 0 Å². The van der Waals surface area contributed by atoms with Crippen LogP contribution in [-0.4, -0.2) is 27.9 Å². The second kappa shape index (κ2) is 6.77. The molecule has 0 fully saturated rings. The fraction of sp³-hybridized carbons (Fsp3) is 0.476. The van der Waals surface area contributed by atoms with E-state index in [4.69, 9.17) is 9.47 Å². The Morgan fingerprint density at radius 3 is 1.96 bits per heavy atom. The molecule has 2 rings (SSSR count). The maximum atomic E-state index is 12.6. The number of Topliss-reactive ketones (excluding diaryl/α,β-unsaturated/α-hetero) is 1. The summed E-state index contributed by atoms with van der Waals surface area (Å²) in [6.07, 6.45) is 3.43. The van der Waals surface area contributed by atoms with Gasteiger partial charge in [0.15, 0.2) is 11.6 Å². The molecule has 0 spiro atoms. The summed E-state index contributed by atoms with van der Waals surface area (Å²) in [6, 6.07) is 8.91. The Hall–Kier alpha value is -1.91. The van der Waals surface area contributed by atoms with Crippen molar-refractivity contribution >= 4 is 5.78 Å². The molecule has 1 aliphatic carbocycles. The molecule has 0 saturated carbocycles. The molecule has 0 heterocycles. The Morgan fingerprint density at radius 2 is 1.52 bits per heavy atom. The second-order valence-corrected chi connectivity index (χ2v) is 8.31. The summed E-state index contributed by atoms with van der Waals surface area (Å²) in [5.41, 5.74) is -0.139. The number of aliphatic hydroxyl groups is 1. The molecule has 0 aliphatic heterocycles. The predicted molar refractivity (Wildman–Crippen MR) is 98.6 cm³/mol. The minimum Gasteiger partial charge on any atom is -0.511 e. The maximum absolute atomic E-state index is 12.6. The summed E-state index contributed by atoms with van der Waals surface area (Å²) < 4.78 is 12.3. The van der Waals surface area contributed by atoms with E-state index in [0.717, 1.165) is 0 Å². The van der Waals surface area contributed by atoms with Crippen molar-refractivity contribution in [3.8, 4) is 0 Å². The first kappa shape index (κ1) is 19.4. The van der Waals surface area contributed by atoms with Crippen molar-refractivity contribution in [2.24, 2.45) is 0 Å². The molecule has 0 aromatic heterocycles.